The summed E-state index contributed by atoms with van der Waals surface area (Å²) in [5.41, 5.74) is 0. The predicted molar refractivity (Wildman–Crippen MR) is 44.4 cm³/mol. The van der Waals surface area contributed by atoms with Crippen LogP contribution in [-0.2, 0) is 9.59 Å². The quantitative estimate of drug-likeness (QED) is 0.712. The Hall–Kier alpha value is -1.31. The number of aliphatic hydroxyl groups is 1. The van der Waals surface area contributed by atoms with Gasteiger partial charge in [0.1, 0.15) is 0 Å². The molecule has 8 heteroatoms. The molecular weight excluding hydrogens is 231 g/mol. The maximum atomic E-state index is 12.1. The highest BCUT2D eigenvalue weighted by atomic mass is 19.4. The van der Waals surface area contributed by atoms with Crippen LogP contribution in [0.2, 0.25) is 0 Å². The third-order valence-corrected chi connectivity index (χ3v) is 2.42. The van der Waals surface area contributed by atoms with Crippen LogP contribution in [0.15, 0.2) is 0 Å². The fourth-order valence-corrected chi connectivity index (χ4v) is 1.70. The van der Waals surface area contributed by atoms with Gasteiger partial charge in [-0.3, -0.25) is 4.79 Å². The van der Waals surface area contributed by atoms with Gasteiger partial charge in [0.2, 0.25) is 0 Å². The van der Waals surface area contributed by atoms with E-state index in [0.717, 1.165) is 0 Å². The van der Waals surface area contributed by atoms with Gasteiger partial charge in [-0.2, -0.15) is 13.2 Å². The van der Waals surface area contributed by atoms with Crippen LogP contribution in [0.3, 0.4) is 0 Å². The Morgan fingerprint density at radius 3 is 2.38 bits per heavy atom. The van der Waals surface area contributed by atoms with Crippen molar-refractivity contribution < 1.29 is 33.0 Å². The van der Waals surface area contributed by atoms with Crippen LogP contribution in [0.4, 0.5) is 13.2 Å². The highest BCUT2D eigenvalue weighted by Crippen LogP contribution is 2.27. The van der Waals surface area contributed by atoms with Crippen LogP contribution in [-0.4, -0.2) is 51.9 Å². The van der Waals surface area contributed by atoms with Gasteiger partial charge < -0.3 is 15.1 Å². The van der Waals surface area contributed by atoms with Crippen molar-refractivity contribution in [3.8, 4) is 0 Å². The molecular formula is C8H10F3NO4. The molecule has 16 heavy (non-hydrogen) atoms. The second-order valence-electron chi connectivity index (χ2n) is 3.49. The van der Waals surface area contributed by atoms with E-state index >= 15 is 0 Å². The second kappa shape index (κ2) is 4.28. The average Bonchev–Trinajstić information content (AvgIpc) is 2.61. The van der Waals surface area contributed by atoms with Crippen molar-refractivity contribution in [1.29, 1.82) is 0 Å². The van der Waals surface area contributed by atoms with Crippen molar-refractivity contribution >= 4 is 11.9 Å². The lowest BCUT2D eigenvalue weighted by atomic mass is 10.1. The molecule has 1 heterocycles. The summed E-state index contributed by atoms with van der Waals surface area (Å²) in [5.74, 6) is -3.73. The van der Waals surface area contributed by atoms with Gasteiger partial charge in [-0.1, -0.05) is 0 Å². The lowest BCUT2D eigenvalue weighted by Gasteiger charge is -2.27. The number of rotatable bonds is 2. The number of likely N-dealkylation sites (tertiary alicyclic amines) is 1. The van der Waals surface area contributed by atoms with Crippen LogP contribution in [0.25, 0.3) is 0 Å². The normalized spacial score (nSPS) is 23.2. The first-order valence-electron chi connectivity index (χ1n) is 4.54. The largest absolute Gasteiger partial charge is 0.479 e. The molecule has 0 bridgehead atoms. The zero-order valence-electron chi connectivity index (χ0n) is 8.07. The molecule has 0 aromatic rings. The van der Waals surface area contributed by atoms with Gasteiger partial charge in [-0.25, -0.2) is 4.79 Å². The Balaban J connectivity index is 2.81. The standard InChI is InChI=1S/C8H10F3NO4/c9-8(10,11)7(16)12-3-1-2-4(12)5(13)6(14)15/h4-5,13H,1-3H2,(H,14,15)/t4-,5?/m1/s1. The van der Waals surface area contributed by atoms with Crippen LogP contribution >= 0.6 is 0 Å². The fourth-order valence-electron chi connectivity index (χ4n) is 1.70. The number of hydrogen-bond donors (Lipinski definition) is 2. The molecule has 1 amide bonds. The van der Waals surface area contributed by atoms with Gasteiger partial charge in [0.15, 0.2) is 6.10 Å². The number of carbonyl (C=O) groups is 2. The second-order valence-corrected chi connectivity index (χ2v) is 3.49. The SMILES string of the molecule is O=C(O)C(O)[C@H]1CCCN1C(=O)C(F)(F)F. The van der Waals surface area contributed by atoms with Crippen molar-refractivity contribution in [2.24, 2.45) is 0 Å². The first-order chi connectivity index (χ1) is 7.25. The van der Waals surface area contributed by atoms with Gasteiger partial charge >= 0.3 is 18.1 Å². The molecule has 1 unspecified atom stereocenters. The zero-order valence-corrected chi connectivity index (χ0v) is 8.07. The van der Waals surface area contributed by atoms with E-state index in [0.29, 0.717) is 4.90 Å². The molecule has 92 valence electrons. The minimum absolute atomic E-state index is 0.0509. The lowest BCUT2D eigenvalue weighted by Crippen LogP contribution is -2.50. The van der Waals surface area contributed by atoms with Crippen molar-refractivity contribution in [3.05, 3.63) is 0 Å². The molecule has 1 aliphatic heterocycles. The van der Waals surface area contributed by atoms with Crippen LogP contribution in [0, 0.1) is 0 Å². The number of nitrogens with zero attached hydrogens (tertiary/aromatic N) is 1. The predicted octanol–water partition coefficient (Wildman–Crippen LogP) is -0.0148. The van der Waals surface area contributed by atoms with Gasteiger partial charge in [-0.15, -0.1) is 0 Å². The summed E-state index contributed by atoms with van der Waals surface area (Å²) in [6.07, 6.45) is -6.72. The molecule has 0 aromatic carbocycles. The zero-order chi connectivity index (χ0) is 12.5. The van der Waals surface area contributed by atoms with Crippen molar-refractivity contribution in [2.75, 3.05) is 6.54 Å². The summed E-state index contributed by atoms with van der Waals surface area (Å²) in [6.45, 7) is -0.187. The Bertz CT molecular complexity index is 304. The number of aliphatic hydroxyl groups excluding tert-OH is 1. The molecule has 0 saturated carbocycles. The van der Waals surface area contributed by atoms with E-state index in [-0.39, 0.29) is 19.4 Å². The van der Waals surface area contributed by atoms with E-state index in [4.69, 9.17) is 10.2 Å². The van der Waals surface area contributed by atoms with Crippen molar-refractivity contribution in [2.45, 2.75) is 31.2 Å². The van der Waals surface area contributed by atoms with Crippen LogP contribution < -0.4 is 0 Å². The number of halogens is 3. The summed E-state index contributed by atoms with van der Waals surface area (Å²) >= 11 is 0. The van der Waals surface area contributed by atoms with E-state index in [9.17, 15) is 22.8 Å². The van der Waals surface area contributed by atoms with Gasteiger partial charge in [0.05, 0.1) is 6.04 Å². The molecule has 1 saturated heterocycles. The monoisotopic (exact) mass is 241 g/mol. The maximum absolute atomic E-state index is 12.1. The van der Waals surface area contributed by atoms with Crippen molar-refractivity contribution in [3.63, 3.8) is 0 Å². The molecule has 1 rings (SSSR count). The van der Waals surface area contributed by atoms with E-state index in [1.807, 2.05) is 0 Å². The Kier molecular flexibility index (Phi) is 3.41. The van der Waals surface area contributed by atoms with Gasteiger partial charge in [-0.05, 0) is 12.8 Å². The smallest absolute Gasteiger partial charge is 0.471 e. The maximum Gasteiger partial charge on any atom is 0.471 e. The topological polar surface area (TPSA) is 77.8 Å². The lowest BCUT2D eigenvalue weighted by molar-refractivity contribution is -0.188. The Morgan fingerprint density at radius 1 is 1.38 bits per heavy atom. The fraction of sp³-hybridized carbons (Fsp3) is 0.750. The summed E-state index contributed by atoms with van der Waals surface area (Å²) in [7, 11) is 0. The Labute approximate surface area is 88.5 Å². The third-order valence-electron chi connectivity index (χ3n) is 2.42. The van der Waals surface area contributed by atoms with E-state index in [1.54, 1.807) is 0 Å². The first-order valence-corrected chi connectivity index (χ1v) is 4.54. The third kappa shape index (κ3) is 2.43. The highest BCUT2D eigenvalue weighted by Gasteiger charge is 2.48. The number of carboxylic acids is 1. The molecule has 2 atom stereocenters. The van der Waals surface area contributed by atoms with E-state index in [1.165, 1.54) is 0 Å². The summed E-state index contributed by atoms with van der Waals surface area (Å²) in [5, 5.41) is 17.6. The molecule has 0 aliphatic carbocycles. The average molecular weight is 241 g/mol. The molecule has 0 spiro atoms. The molecule has 1 fully saturated rings. The minimum atomic E-state index is -5.04. The summed E-state index contributed by atoms with van der Waals surface area (Å²) in [4.78, 5) is 21.7. The molecule has 1 aliphatic rings. The Morgan fingerprint density at radius 2 is 1.94 bits per heavy atom. The van der Waals surface area contributed by atoms with Gasteiger partial charge in [0.25, 0.3) is 0 Å². The number of hydrogen-bond acceptors (Lipinski definition) is 3. The molecule has 2 N–H and O–H groups in total. The summed E-state index contributed by atoms with van der Waals surface area (Å²) < 4.78 is 36.4. The van der Waals surface area contributed by atoms with Crippen molar-refractivity contribution in [1.82, 2.24) is 4.90 Å². The number of carboxylic acid groups (broad SMARTS) is 1. The molecule has 5 nitrogen and oxygen atoms in total. The number of amides is 1. The summed E-state index contributed by atoms with van der Waals surface area (Å²) in [6, 6.07) is -1.30. The first kappa shape index (κ1) is 12.8. The molecule has 0 aromatic heterocycles. The number of alkyl halides is 3. The van der Waals surface area contributed by atoms with E-state index < -0.39 is 30.2 Å². The van der Waals surface area contributed by atoms with Crippen LogP contribution in [0.5, 0.6) is 0 Å². The van der Waals surface area contributed by atoms with Crippen LogP contribution in [0.1, 0.15) is 12.8 Å². The van der Waals surface area contributed by atoms with E-state index in [2.05, 4.69) is 0 Å². The number of aliphatic carboxylic acids is 1. The minimum Gasteiger partial charge on any atom is -0.479 e. The number of carbonyl (C=O) groups excluding carboxylic acids is 1. The molecule has 0 radical (unpaired) electrons. The highest BCUT2D eigenvalue weighted by molar-refractivity contribution is 5.83. The van der Waals surface area contributed by atoms with Gasteiger partial charge in [0, 0.05) is 6.54 Å².